The maximum absolute atomic E-state index is 12.4. The summed E-state index contributed by atoms with van der Waals surface area (Å²) < 4.78 is 0. The van der Waals surface area contributed by atoms with Gasteiger partial charge in [-0.1, -0.05) is 97.7 Å². The van der Waals surface area contributed by atoms with Crippen molar-refractivity contribution in [1.82, 2.24) is 9.97 Å². The molecule has 6 rings (SSSR count). The van der Waals surface area contributed by atoms with Gasteiger partial charge in [-0.25, -0.2) is 4.98 Å². The molecule has 2 aliphatic carbocycles. The van der Waals surface area contributed by atoms with Gasteiger partial charge in [-0.15, -0.1) is 29.1 Å². The second kappa shape index (κ2) is 15.6. The van der Waals surface area contributed by atoms with Crippen LogP contribution in [0.25, 0.3) is 32.9 Å². The van der Waals surface area contributed by atoms with Crippen molar-refractivity contribution in [3.8, 4) is 11.3 Å². The molecule has 3 aromatic carbocycles. The van der Waals surface area contributed by atoms with Crippen LogP contribution in [0.1, 0.15) is 113 Å². The van der Waals surface area contributed by atoms with Crippen molar-refractivity contribution in [2.75, 3.05) is 0 Å². The van der Waals surface area contributed by atoms with Gasteiger partial charge in [-0.05, 0) is 90.3 Å². The Bertz CT molecular complexity index is 1670. The minimum Gasteiger partial charge on any atom is -0.512 e. The summed E-state index contributed by atoms with van der Waals surface area (Å²) in [7, 11) is 0. The van der Waals surface area contributed by atoms with E-state index in [0.717, 1.165) is 73.5 Å². The third kappa shape index (κ3) is 9.61. The van der Waals surface area contributed by atoms with Crippen molar-refractivity contribution >= 4 is 27.5 Å². The van der Waals surface area contributed by atoms with E-state index in [1.54, 1.807) is 12.4 Å². The summed E-state index contributed by atoms with van der Waals surface area (Å²) in [6.45, 7) is 15.8. The van der Waals surface area contributed by atoms with Gasteiger partial charge in [0.2, 0.25) is 0 Å². The van der Waals surface area contributed by atoms with Crippen molar-refractivity contribution in [2.45, 2.75) is 113 Å². The fourth-order valence-corrected chi connectivity index (χ4v) is 6.84. The number of hydrogen-bond donors (Lipinski definition) is 1. The molecule has 0 bridgehead atoms. The molecule has 47 heavy (non-hydrogen) atoms. The molecule has 4 nitrogen and oxygen atoms in total. The zero-order chi connectivity index (χ0) is 32.4. The van der Waals surface area contributed by atoms with E-state index in [9.17, 15) is 9.90 Å². The standard InChI is InChI=1S/C22H19N2.C19H32O2.CH4.Ir/c1-22(2,3)16-11-12-20-19(13-16)21(24-14-23-20)18-10-6-8-15-7-4-5-9-17(15)18;1-18(2)9-5-14(6-10-18)16(20)13-17(21)15-7-11-19(3,4)12-8-15;;/h4-9,11-14H,1-3H3;13-15,20H,5-12H2,1-4H3;1H4;/q-1;;;. The number of nitrogens with zero attached hydrogens (tertiary/aromatic N) is 2. The normalized spacial score (nSPS) is 18.4. The first-order valence-electron chi connectivity index (χ1n) is 16.8. The van der Waals surface area contributed by atoms with Gasteiger partial charge in [0.05, 0.1) is 11.3 Å². The first-order chi connectivity index (χ1) is 21.2. The van der Waals surface area contributed by atoms with E-state index in [-0.39, 0.29) is 50.6 Å². The Hall–Kier alpha value is -2.88. The number of aliphatic hydroxyl groups is 1. The maximum atomic E-state index is 12.4. The molecule has 0 atom stereocenters. The van der Waals surface area contributed by atoms with E-state index in [1.165, 1.54) is 16.3 Å². The third-order valence-corrected chi connectivity index (χ3v) is 10.2. The zero-order valence-electron chi connectivity index (χ0n) is 28.7. The Balaban J connectivity index is 0.000000247. The summed E-state index contributed by atoms with van der Waals surface area (Å²) >= 11 is 0. The topological polar surface area (TPSA) is 63.1 Å². The number of ketones is 1. The largest absolute Gasteiger partial charge is 0.512 e. The second-order valence-corrected chi connectivity index (χ2v) is 16.0. The molecular weight excluding hydrogens is 757 g/mol. The fraction of sp³-hybridized carbons (Fsp3) is 0.500. The van der Waals surface area contributed by atoms with Gasteiger partial charge in [-0.2, -0.15) is 0 Å². The smallest absolute Gasteiger partial charge is 0.162 e. The van der Waals surface area contributed by atoms with E-state index in [0.29, 0.717) is 16.6 Å². The fourth-order valence-electron chi connectivity index (χ4n) is 6.84. The van der Waals surface area contributed by atoms with Crippen LogP contribution < -0.4 is 0 Å². The predicted octanol–water partition coefficient (Wildman–Crippen LogP) is 11.6. The molecule has 4 aromatic rings. The van der Waals surface area contributed by atoms with Crippen LogP contribution in [-0.4, -0.2) is 20.9 Å². The van der Waals surface area contributed by atoms with Crippen LogP contribution in [0.2, 0.25) is 0 Å². The second-order valence-electron chi connectivity index (χ2n) is 16.0. The number of hydrogen-bond acceptors (Lipinski definition) is 4. The van der Waals surface area contributed by atoms with Crippen LogP contribution in [0.5, 0.6) is 0 Å². The molecular formula is C42H55IrN2O2-. The molecule has 0 amide bonds. The SMILES string of the molecule is C.CC(C)(C)c1ccc2ncnc(-c3[c-]ccc4ccccc34)c2c1.CC1(C)CCC(C(=O)C=C(O)C2CCC(C)(C)CC2)CC1.[Ir]. The van der Waals surface area contributed by atoms with Crippen LogP contribution in [0.15, 0.2) is 72.8 Å². The van der Waals surface area contributed by atoms with Crippen LogP contribution in [-0.2, 0) is 30.3 Å². The number of carbonyl (C=O) groups is 1. The number of allylic oxidation sites excluding steroid dienone is 2. The number of rotatable bonds is 4. The van der Waals surface area contributed by atoms with Crippen LogP contribution in [0.4, 0.5) is 0 Å². The monoisotopic (exact) mass is 812 g/mol. The molecule has 1 N–H and O–H groups in total. The molecule has 0 unspecified atom stereocenters. The van der Waals surface area contributed by atoms with E-state index in [4.69, 9.17) is 0 Å². The van der Waals surface area contributed by atoms with Gasteiger partial charge >= 0.3 is 0 Å². The molecule has 0 saturated heterocycles. The van der Waals surface area contributed by atoms with Gasteiger partial charge in [0, 0.05) is 38.0 Å². The molecule has 1 radical (unpaired) electrons. The van der Waals surface area contributed by atoms with Crippen molar-refractivity contribution in [3.05, 3.63) is 84.4 Å². The average molecular weight is 812 g/mol. The minimum atomic E-state index is 0. The molecule has 2 aliphatic rings. The van der Waals surface area contributed by atoms with Crippen molar-refractivity contribution in [3.63, 3.8) is 0 Å². The number of carbonyl (C=O) groups excluding carboxylic acids is 1. The maximum Gasteiger partial charge on any atom is 0.162 e. The minimum absolute atomic E-state index is 0. The molecule has 0 aliphatic heterocycles. The summed E-state index contributed by atoms with van der Waals surface area (Å²) in [6, 6.07) is 22.3. The van der Waals surface area contributed by atoms with E-state index in [2.05, 4.69) is 113 Å². The van der Waals surface area contributed by atoms with Crippen LogP contribution in [0, 0.1) is 28.7 Å². The number of fused-ring (bicyclic) bond motifs is 2. The number of benzene rings is 3. The molecule has 1 aromatic heterocycles. The van der Waals surface area contributed by atoms with E-state index >= 15 is 0 Å². The predicted molar refractivity (Wildman–Crippen MR) is 194 cm³/mol. The Morgan fingerprint density at radius 3 is 2.06 bits per heavy atom. The molecule has 255 valence electrons. The van der Waals surface area contributed by atoms with Crippen molar-refractivity contribution in [1.29, 1.82) is 0 Å². The van der Waals surface area contributed by atoms with Gasteiger partial charge in [-0.3, -0.25) is 9.78 Å². The van der Waals surface area contributed by atoms with Crippen molar-refractivity contribution < 1.29 is 30.0 Å². The molecule has 1 heterocycles. The Kier molecular flexibility index (Phi) is 12.8. The summed E-state index contributed by atoms with van der Waals surface area (Å²) in [6.07, 6.45) is 11.7. The quantitative estimate of drug-likeness (QED) is 0.127. The number of aliphatic hydroxyl groups excluding tert-OH is 1. The third-order valence-electron chi connectivity index (χ3n) is 10.2. The van der Waals surface area contributed by atoms with Gasteiger partial charge in [0.25, 0.3) is 0 Å². The van der Waals surface area contributed by atoms with E-state index in [1.807, 2.05) is 6.07 Å². The molecule has 2 fully saturated rings. The van der Waals surface area contributed by atoms with Crippen LogP contribution >= 0.6 is 0 Å². The average Bonchev–Trinajstić information content (AvgIpc) is 3.00. The number of aromatic nitrogens is 2. The molecule has 0 spiro atoms. The summed E-state index contributed by atoms with van der Waals surface area (Å²) in [5.41, 5.74) is 5.10. The Morgan fingerprint density at radius 2 is 1.45 bits per heavy atom. The van der Waals surface area contributed by atoms with Crippen molar-refractivity contribution in [2.24, 2.45) is 22.7 Å². The first-order valence-corrected chi connectivity index (χ1v) is 16.8. The Labute approximate surface area is 297 Å². The van der Waals surface area contributed by atoms with Gasteiger partial charge < -0.3 is 5.11 Å². The summed E-state index contributed by atoms with van der Waals surface area (Å²) in [5, 5.41) is 13.7. The Morgan fingerprint density at radius 1 is 0.851 bits per heavy atom. The summed E-state index contributed by atoms with van der Waals surface area (Å²) in [5.74, 6) is 0.857. The van der Waals surface area contributed by atoms with Gasteiger partial charge in [0.1, 0.15) is 6.33 Å². The summed E-state index contributed by atoms with van der Waals surface area (Å²) in [4.78, 5) is 21.4. The van der Waals surface area contributed by atoms with Crippen LogP contribution in [0.3, 0.4) is 0 Å². The molecule has 2 saturated carbocycles. The van der Waals surface area contributed by atoms with E-state index < -0.39 is 0 Å². The first kappa shape index (κ1) is 38.6. The van der Waals surface area contributed by atoms with Gasteiger partial charge in [0.15, 0.2) is 5.78 Å². The molecule has 5 heteroatoms. The zero-order valence-corrected chi connectivity index (χ0v) is 31.1.